The van der Waals surface area contributed by atoms with Crippen LogP contribution in [0.5, 0.6) is 17.2 Å². The fourth-order valence-corrected chi connectivity index (χ4v) is 6.15. The van der Waals surface area contributed by atoms with Gasteiger partial charge in [0.15, 0.2) is 17.3 Å². The molecule has 1 aliphatic heterocycles. The molecule has 1 aliphatic rings. The number of hydrogen-bond donors (Lipinski definition) is 0. The van der Waals surface area contributed by atoms with E-state index in [4.69, 9.17) is 20.6 Å². The molecular formula is C32H31NO4S. The second-order valence-electron chi connectivity index (χ2n) is 9.34. The Kier molecular flexibility index (Phi) is 7.97. The molecule has 0 bridgehead atoms. The number of carbonyl (C=O) groups excluding carboxylic acids is 1. The Bertz CT molecular complexity index is 1480. The van der Waals surface area contributed by atoms with Crippen LogP contribution in [0.2, 0.25) is 0 Å². The van der Waals surface area contributed by atoms with Gasteiger partial charge in [-0.25, -0.2) is 0 Å². The molecule has 5 rings (SSSR count). The van der Waals surface area contributed by atoms with Crippen LogP contribution < -0.4 is 14.2 Å². The molecule has 0 radical (unpaired) electrons. The van der Waals surface area contributed by atoms with Crippen molar-refractivity contribution in [2.24, 2.45) is 0 Å². The summed E-state index contributed by atoms with van der Waals surface area (Å²) in [5.74, 6) is 4.66. The highest BCUT2D eigenvalue weighted by molar-refractivity contribution is 7.22. The van der Waals surface area contributed by atoms with Gasteiger partial charge in [0.1, 0.15) is 12.4 Å². The lowest BCUT2D eigenvalue weighted by molar-refractivity contribution is 0.104. The molecule has 6 heteroatoms. The number of terminal acetylenes is 1. The molecule has 0 unspecified atom stereocenters. The van der Waals surface area contributed by atoms with Crippen molar-refractivity contribution in [2.75, 3.05) is 40.5 Å². The van der Waals surface area contributed by atoms with Crippen molar-refractivity contribution in [3.63, 3.8) is 0 Å². The average Bonchev–Trinajstić information content (AvgIpc) is 3.36. The van der Waals surface area contributed by atoms with E-state index >= 15 is 0 Å². The van der Waals surface area contributed by atoms with E-state index < -0.39 is 0 Å². The molecule has 0 atom stereocenters. The van der Waals surface area contributed by atoms with Crippen LogP contribution in [-0.2, 0) is 0 Å². The molecule has 38 heavy (non-hydrogen) atoms. The van der Waals surface area contributed by atoms with E-state index in [1.807, 2.05) is 60.7 Å². The highest BCUT2D eigenvalue weighted by Crippen LogP contribution is 2.42. The maximum atomic E-state index is 13.9. The first-order valence-electron chi connectivity index (χ1n) is 12.9. The van der Waals surface area contributed by atoms with Gasteiger partial charge in [-0.05, 0) is 86.1 Å². The predicted molar refractivity (Wildman–Crippen MR) is 154 cm³/mol. The topological polar surface area (TPSA) is 48.0 Å². The molecule has 4 aromatic rings. The Balaban J connectivity index is 1.44. The van der Waals surface area contributed by atoms with Gasteiger partial charge in [0.25, 0.3) is 0 Å². The summed E-state index contributed by atoms with van der Waals surface area (Å²) in [6.45, 7) is 3.87. The Morgan fingerprint density at radius 2 is 1.71 bits per heavy atom. The zero-order valence-electron chi connectivity index (χ0n) is 21.8. The number of fused-ring (bicyclic) bond motifs is 1. The van der Waals surface area contributed by atoms with Gasteiger partial charge in [0, 0.05) is 38.2 Å². The number of methoxy groups -OCH3 is 2. The van der Waals surface area contributed by atoms with Crippen molar-refractivity contribution in [1.82, 2.24) is 4.90 Å². The minimum absolute atomic E-state index is 0.0469. The summed E-state index contributed by atoms with van der Waals surface area (Å²) in [6, 6.07) is 18.9. The van der Waals surface area contributed by atoms with Gasteiger partial charge in [0.05, 0.1) is 14.2 Å². The minimum atomic E-state index is -0.0469. The molecule has 0 amide bonds. The van der Waals surface area contributed by atoms with Gasteiger partial charge in [-0.2, -0.15) is 0 Å². The third-order valence-electron chi connectivity index (χ3n) is 6.97. The Hall–Kier alpha value is -3.79. The normalized spacial score (nSPS) is 13.7. The van der Waals surface area contributed by atoms with Gasteiger partial charge in [0.2, 0.25) is 0 Å². The van der Waals surface area contributed by atoms with E-state index in [1.54, 1.807) is 25.6 Å². The Morgan fingerprint density at radius 1 is 0.947 bits per heavy atom. The van der Waals surface area contributed by atoms with Crippen LogP contribution in [0.25, 0.3) is 20.5 Å². The van der Waals surface area contributed by atoms with Crippen LogP contribution in [0.3, 0.4) is 0 Å². The lowest BCUT2D eigenvalue weighted by Crippen LogP contribution is -2.33. The molecule has 3 aromatic carbocycles. The SMILES string of the molecule is C#Cc1ccc2c(C(=O)c3ccc(OCCN4CCCCC4)cc3)c(-c3ccc(OC)c(OC)c3)sc2c1. The highest BCUT2D eigenvalue weighted by atomic mass is 32.1. The molecule has 194 valence electrons. The van der Waals surface area contributed by atoms with E-state index in [0.29, 0.717) is 29.2 Å². The summed E-state index contributed by atoms with van der Waals surface area (Å²) in [6.07, 6.45) is 9.51. The quantitative estimate of drug-likeness (QED) is 0.181. The van der Waals surface area contributed by atoms with Gasteiger partial charge in [-0.1, -0.05) is 18.4 Å². The number of piperidine rings is 1. The zero-order chi connectivity index (χ0) is 26.5. The van der Waals surface area contributed by atoms with Crippen LogP contribution in [0.1, 0.15) is 40.7 Å². The number of nitrogens with zero attached hydrogens (tertiary/aromatic N) is 1. The van der Waals surface area contributed by atoms with Crippen molar-refractivity contribution >= 4 is 27.2 Å². The lowest BCUT2D eigenvalue weighted by Gasteiger charge is -2.26. The number of ketones is 1. The highest BCUT2D eigenvalue weighted by Gasteiger charge is 2.23. The summed E-state index contributed by atoms with van der Waals surface area (Å²) < 4.78 is 17.9. The first-order valence-corrected chi connectivity index (χ1v) is 13.7. The minimum Gasteiger partial charge on any atom is -0.493 e. The standard InChI is InChI=1S/C32H31NO4S/c1-4-22-8-14-26-29(20-22)38-32(24-11-15-27(35-2)28(21-24)36-3)30(26)31(34)23-9-12-25(13-10-23)37-19-18-33-16-6-5-7-17-33/h1,8-15,20-21H,5-7,16-19H2,2-3H3. The molecule has 0 N–H and O–H groups in total. The van der Waals surface area contributed by atoms with Crippen LogP contribution in [0.4, 0.5) is 0 Å². The molecule has 2 heterocycles. The number of hydrogen-bond acceptors (Lipinski definition) is 6. The second-order valence-corrected chi connectivity index (χ2v) is 10.4. The summed E-state index contributed by atoms with van der Waals surface area (Å²) in [4.78, 5) is 17.3. The van der Waals surface area contributed by atoms with E-state index in [-0.39, 0.29) is 5.78 Å². The van der Waals surface area contributed by atoms with Gasteiger partial charge in [-0.3, -0.25) is 9.69 Å². The Labute approximate surface area is 228 Å². The largest absolute Gasteiger partial charge is 0.493 e. The third kappa shape index (κ3) is 5.40. The number of benzene rings is 3. The number of likely N-dealkylation sites (tertiary alicyclic amines) is 1. The summed E-state index contributed by atoms with van der Waals surface area (Å²) >= 11 is 1.55. The van der Waals surface area contributed by atoms with Crippen molar-refractivity contribution in [3.8, 4) is 40.0 Å². The number of carbonyl (C=O) groups is 1. The number of ether oxygens (including phenoxy) is 3. The van der Waals surface area contributed by atoms with Crippen molar-refractivity contribution in [3.05, 3.63) is 77.4 Å². The van der Waals surface area contributed by atoms with Crippen LogP contribution in [-0.4, -0.2) is 51.1 Å². The molecule has 0 saturated carbocycles. The maximum Gasteiger partial charge on any atom is 0.195 e. The summed E-state index contributed by atoms with van der Waals surface area (Å²) in [5.41, 5.74) is 2.92. The summed E-state index contributed by atoms with van der Waals surface area (Å²) in [5, 5.41) is 0.880. The monoisotopic (exact) mass is 525 g/mol. The van der Waals surface area contributed by atoms with Crippen molar-refractivity contribution in [2.45, 2.75) is 19.3 Å². The first-order chi connectivity index (χ1) is 18.6. The molecular weight excluding hydrogens is 494 g/mol. The average molecular weight is 526 g/mol. The van der Waals surface area contributed by atoms with Gasteiger partial charge >= 0.3 is 0 Å². The smallest absolute Gasteiger partial charge is 0.195 e. The molecule has 0 aliphatic carbocycles. The van der Waals surface area contributed by atoms with E-state index in [2.05, 4.69) is 10.8 Å². The molecule has 0 spiro atoms. The fourth-order valence-electron chi connectivity index (χ4n) is 4.92. The third-order valence-corrected chi connectivity index (χ3v) is 8.17. The van der Waals surface area contributed by atoms with E-state index in [0.717, 1.165) is 51.5 Å². The lowest BCUT2D eigenvalue weighted by atomic mass is 9.97. The van der Waals surface area contributed by atoms with Crippen LogP contribution >= 0.6 is 11.3 Å². The molecule has 1 fully saturated rings. The molecule has 1 aromatic heterocycles. The summed E-state index contributed by atoms with van der Waals surface area (Å²) in [7, 11) is 3.21. The second kappa shape index (κ2) is 11.7. The van der Waals surface area contributed by atoms with Crippen LogP contribution in [0, 0.1) is 12.3 Å². The number of rotatable bonds is 9. The predicted octanol–water partition coefficient (Wildman–Crippen LogP) is 6.66. The van der Waals surface area contributed by atoms with E-state index in [1.165, 1.54) is 19.3 Å². The Morgan fingerprint density at radius 3 is 2.42 bits per heavy atom. The van der Waals surface area contributed by atoms with Crippen LogP contribution in [0.15, 0.2) is 60.7 Å². The molecule has 5 nitrogen and oxygen atoms in total. The van der Waals surface area contributed by atoms with Gasteiger partial charge in [-0.15, -0.1) is 17.8 Å². The van der Waals surface area contributed by atoms with Crippen molar-refractivity contribution < 1.29 is 19.0 Å². The number of thiophene rings is 1. The van der Waals surface area contributed by atoms with Crippen molar-refractivity contribution in [1.29, 1.82) is 0 Å². The zero-order valence-corrected chi connectivity index (χ0v) is 22.6. The fraction of sp³-hybridized carbons (Fsp3) is 0.281. The van der Waals surface area contributed by atoms with E-state index in [9.17, 15) is 4.79 Å². The maximum absolute atomic E-state index is 13.9. The van der Waals surface area contributed by atoms with Gasteiger partial charge < -0.3 is 14.2 Å². The molecule has 1 saturated heterocycles. The first kappa shape index (κ1) is 25.8.